The first-order valence-corrected chi connectivity index (χ1v) is 9.74. The van der Waals surface area contributed by atoms with E-state index in [9.17, 15) is 13.2 Å². The number of carbonyl (C=O) groups excluding carboxylic acids is 1. The number of benzene rings is 1. The Balaban J connectivity index is 1.56. The van der Waals surface area contributed by atoms with Crippen molar-refractivity contribution in [3.8, 4) is 0 Å². The van der Waals surface area contributed by atoms with Gasteiger partial charge in [0.1, 0.15) is 0 Å². The van der Waals surface area contributed by atoms with Crippen molar-refractivity contribution in [2.75, 3.05) is 19.7 Å². The third-order valence-electron chi connectivity index (χ3n) is 4.26. The molecule has 0 aromatic heterocycles. The van der Waals surface area contributed by atoms with Crippen LogP contribution in [0.15, 0.2) is 40.8 Å². The van der Waals surface area contributed by atoms with Crippen LogP contribution in [0.5, 0.6) is 0 Å². The standard InChI is InChI=1S/C17H22N2O5S/c1-13-5-7-15(8-6-13)25(21,22)19-10-9-14(12-19)17(20)18-24-16-4-2-3-11-23-16/h5-9,16H,2-4,10-12H2,1H3,(H,18,20). The van der Waals surface area contributed by atoms with Gasteiger partial charge in [-0.3, -0.25) is 4.79 Å². The molecule has 1 aromatic carbocycles. The summed E-state index contributed by atoms with van der Waals surface area (Å²) in [5.41, 5.74) is 3.71. The molecule has 1 aromatic rings. The molecular formula is C17H22N2O5S. The van der Waals surface area contributed by atoms with Crippen molar-refractivity contribution in [3.63, 3.8) is 0 Å². The maximum Gasteiger partial charge on any atom is 0.271 e. The van der Waals surface area contributed by atoms with Gasteiger partial charge in [-0.15, -0.1) is 0 Å². The highest BCUT2D eigenvalue weighted by Crippen LogP contribution is 2.21. The number of nitrogens with one attached hydrogen (secondary N) is 1. The molecule has 2 aliphatic heterocycles. The second-order valence-electron chi connectivity index (χ2n) is 6.19. The molecule has 1 atom stereocenters. The minimum absolute atomic E-state index is 0.0247. The predicted octanol–water partition coefficient (Wildman–Crippen LogP) is 1.50. The second-order valence-corrected chi connectivity index (χ2v) is 8.12. The Kier molecular flexibility index (Phi) is 5.53. The summed E-state index contributed by atoms with van der Waals surface area (Å²) in [5.74, 6) is -0.434. The highest BCUT2D eigenvalue weighted by atomic mass is 32.2. The SMILES string of the molecule is Cc1ccc(S(=O)(=O)N2CC=C(C(=O)NOC3CCCCO3)C2)cc1. The first-order chi connectivity index (χ1) is 12.0. The molecule has 2 heterocycles. The number of ether oxygens (including phenoxy) is 1. The van der Waals surface area contributed by atoms with Crippen LogP contribution in [0.4, 0.5) is 0 Å². The topological polar surface area (TPSA) is 84.9 Å². The van der Waals surface area contributed by atoms with Gasteiger partial charge in [0.2, 0.25) is 10.0 Å². The van der Waals surface area contributed by atoms with Gasteiger partial charge in [0.05, 0.1) is 4.90 Å². The van der Waals surface area contributed by atoms with Crippen LogP contribution in [0.2, 0.25) is 0 Å². The summed E-state index contributed by atoms with van der Waals surface area (Å²) in [6.45, 7) is 2.70. The van der Waals surface area contributed by atoms with Crippen LogP contribution in [0.3, 0.4) is 0 Å². The molecule has 1 saturated heterocycles. The highest BCUT2D eigenvalue weighted by molar-refractivity contribution is 7.89. The lowest BCUT2D eigenvalue weighted by Crippen LogP contribution is -2.36. The van der Waals surface area contributed by atoms with E-state index in [1.54, 1.807) is 30.3 Å². The van der Waals surface area contributed by atoms with Crippen LogP contribution in [-0.4, -0.2) is 44.6 Å². The number of aryl methyl sites for hydroxylation is 1. The molecule has 3 rings (SSSR count). The molecule has 2 aliphatic rings. The number of hydroxylamine groups is 1. The molecule has 8 heteroatoms. The van der Waals surface area contributed by atoms with Gasteiger partial charge in [-0.1, -0.05) is 23.8 Å². The minimum Gasteiger partial charge on any atom is -0.350 e. The molecular weight excluding hydrogens is 344 g/mol. The number of carbonyl (C=O) groups is 1. The first kappa shape index (κ1) is 18.1. The predicted molar refractivity (Wildman–Crippen MR) is 90.8 cm³/mol. The van der Waals surface area contributed by atoms with Gasteiger partial charge < -0.3 is 4.74 Å². The fourth-order valence-corrected chi connectivity index (χ4v) is 4.08. The van der Waals surface area contributed by atoms with E-state index in [4.69, 9.17) is 9.57 Å². The number of hydrogen-bond donors (Lipinski definition) is 1. The van der Waals surface area contributed by atoms with E-state index in [0.717, 1.165) is 24.8 Å². The number of sulfonamides is 1. The smallest absolute Gasteiger partial charge is 0.271 e. The zero-order valence-electron chi connectivity index (χ0n) is 14.1. The summed E-state index contributed by atoms with van der Waals surface area (Å²) in [6.07, 6.45) is 3.88. The molecule has 136 valence electrons. The van der Waals surface area contributed by atoms with Gasteiger partial charge in [-0.05, 0) is 31.9 Å². The summed E-state index contributed by atoms with van der Waals surface area (Å²) in [4.78, 5) is 17.6. The highest BCUT2D eigenvalue weighted by Gasteiger charge is 2.30. The molecule has 1 unspecified atom stereocenters. The van der Waals surface area contributed by atoms with Crippen LogP contribution >= 0.6 is 0 Å². The second kappa shape index (κ2) is 7.65. The Morgan fingerprint density at radius 3 is 2.72 bits per heavy atom. The molecule has 0 radical (unpaired) electrons. The maximum absolute atomic E-state index is 12.6. The van der Waals surface area contributed by atoms with Crippen LogP contribution < -0.4 is 5.48 Å². The summed E-state index contributed by atoms with van der Waals surface area (Å²) in [6, 6.07) is 6.66. The third kappa shape index (κ3) is 4.27. The van der Waals surface area contributed by atoms with Crippen molar-refractivity contribution >= 4 is 15.9 Å². The summed E-state index contributed by atoms with van der Waals surface area (Å²) >= 11 is 0. The van der Waals surface area contributed by atoms with E-state index in [1.807, 2.05) is 6.92 Å². The average Bonchev–Trinajstić information content (AvgIpc) is 3.12. The van der Waals surface area contributed by atoms with E-state index < -0.39 is 22.2 Å². The van der Waals surface area contributed by atoms with E-state index in [2.05, 4.69) is 5.48 Å². The Bertz CT molecular complexity index is 752. The fraction of sp³-hybridized carbons (Fsp3) is 0.471. The summed E-state index contributed by atoms with van der Waals surface area (Å²) < 4.78 is 31.9. The van der Waals surface area contributed by atoms with Gasteiger partial charge in [0, 0.05) is 31.7 Å². The number of amides is 1. The van der Waals surface area contributed by atoms with Crippen LogP contribution in [0.1, 0.15) is 24.8 Å². The Hall–Kier alpha value is -1.74. The van der Waals surface area contributed by atoms with Crippen molar-refractivity contribution in [2.45, 2.75) is 37.4 Å². The zero-order valence-corrected chi connectivity index (χ0v) is 14.9. The lowest BCUT2D eigenvalue weighted by molar-refractivity contribution is -0.198. The molecule has 0 saturated carbocycles. The van der Waals surface area contributed by atoms with Crippen molar-refractivity contribution in [3.05, 3.63) is 41.5 Å². The van der Waals surface area contributed by atoms with E-state index >= 15 is 0 Å². The monoisotopic (exact) mass is 366 g/mol. The molecule has 0 aliphatic carbocycles. The fourth-order valence-electron chi connectivity index (χ4n) is 2.73. The number of hydrogen-bond acceptors (Lipinski definition) is 5. The van der Waals surface area contributed by atoms with E-state index in [1.165, 1.54) is 4.31 Å². The quantitative estimate of drug-likeness (QED) is 0.799. The van der Waals surface area contributed by atoms with Crippen molar-refractivity contribution < 1.29 is 22.8 Å². The Morgan fingerprint density at radius 1 is 1.28 bits per heavy atom. The molecule has 1 fully saturated rings. The molecule has 0 spiro atoms. The largest absolute Gasteiger partial charge is 0.350 e. The van der Waals surface area contributed by atoms with Crippen LogP contribution in [-0.2, 0) is 24.4 Å². The Morgan fingerprint density at radius 2 is 2.04 bits per heavy atom. The number of nitrogens with zero attached hydrogens (tertiary/aromatic N) is 1. The zero-order chi connectivity index (χ0) is 17.9. The normalized spacial score (nSPS) is 21.8. The van der Waals surface area contributed by atoms with Crippen molar-refractivity contribution in [2.24, 2.45) is 0 Å². The van der Waals surface area contributed by atoms with Gasteiger partial charge in [-0.25, -0.2) is 18.7 Å². The van der Waals surface area contributed by atoms with Gasteiger partial charge in [0.25, 0.3) is 5.91 Å². The van der Waals surface area contributed by atoms with E-state index in [0.29, 0.717) is 12.2 Å². The average molecular weight is 366 g/mol. The van der Waals surface area contributed by atoms with E-state index in [-0.39, 0.29) is 18.0 Å². The third-order valence-corrected chi connectivity index (χ3v) is 6.09. The molecule has 25 heavy (non-hydrogen) atoms. The summed E-state index contributed by atoms with van der Waals surface area (Å²) in [5, 5.41) is 0. The van der Waals surface area contributed by atoms with Gasteiger partial charge in [-0.2, -0.15) is 4.31 Å². The Labute approximate surface area is 147 Å². The van der Waals surface area contributed by atoms with Gasteiger partial charge in [0.15, 0.2) is 6.29 Å². The minimum atomic E-state index is -3.62. The van der Waals surface area contributed by atoms with Gasteiger partial charge >= 0.3 is 0 Å². The lowest BCUT2D eigenvalue weighted by Gasteiger charge is -2.22. The summed E-state index contributed by atoms with van der Waals surface area (Å²) in [7, 11) is -3.62. The molecule has 1 N–H and O–H groups in total. The first-order valence-electron chi connectivity index (χ1n) is 8.30. The van der Waals surface area contributed by atoms with Crippen molar-refractivity contribution in [1.82, 2.24) is 9.79 Å². The van der Waals surface area contributed by atoms with Crippen LogP contribution in [0, 0.1) is 6.92 Å². The molecule has 0 bridgehead atoms. The lowest BCUT2D eigenvalue weighted by atomic mass is 10.2. The maximum atomic E-state index is 12.6. The van der Waals surface area contributed by atoms with Crippen molar-refractivity contribution in [1.29, 1.82) is 0 Å². The van der Waals surface area contributed by atoms with Crippen LogP contribution in [0.25, 0.3) is 0 Å². The number of rotatable bonds is 5. The molecule has 1 amide bonds. The molecule has 7 nitrogen and oxygen atoms in total.